The van der Waals surface area contributed by atoms with E-state index in [-0.39, 0.29) is 30.0 Å². The van der Waals surface area contributed by atoms with Gasteiger partial charge in [-0.3, -0.25) is 4.79 Å². The number of alkyl halides is 3. The number of hydrogen-bond acceptors (Lipinski definition) is 6. The van der Waals surface area contributed by atoms with Crippen LogP contribution < -0.4 is 9.47 Å². The number of aromatic nitrogens is 3. The highest BCUT2D eigenvalue weighted by Gasteiger charge is 2.51. The normalized spacial score (nSPS) is 21.5. The lowest BCUT2D eigenvalue weighted by Gasteiger charge is -2.26. The van der Waals surface area contributed by atoms with E-state index < -0.39 is 11.7 Å². The fraction of sp³-hybridized carbons (Fsp3) is 0.333. The minimum absolute atomic E-state index is 0.0496. The number of halogens is 3. The largest absolute Gasteiger partial charge is 0.496 e. The predicted molar refractivity (Wildman–Crippen MR) is 115 cm³/mol. The van der Waals surface area contributed by atoms with E-state index in [1.807, 2.05) is 0 Å². The first-order chi connectivity index (χ1) is 16.4. The average molecular weight is 470 g/mol. The minimum Gasteiger partial charge on any atom is -0.496 e. The number of hydrogen-bond donors (Lipinski definition) is 0. The Kier molecular flexibility index (Phi) is 5.59. The Bertz CT molecular complexity index is 1190. The maximum atomic E-state index is 13.8. The zero-order valence-electron chi connectivity index (χ0n) is 18.2. The third-order valence-electron chi connectivity index (χ3n) is 6.32. The van der Waals surface area contributed by atoms with Crippen LogP contribution in [0.5, 0.6) is 11.6 Å². The van der Waals surface area contributed by atoms with E-state index in [0.717, 1.165) is 25.1 Å². The van der Waals surface area contributed by atoms with Gasteiger partial charge in [0, 0.05) is 42.7 Å². The summed E-state index contributed by atoms with van der Waals surface area (Å²) in [6.45, 7) is 0. The zero-order valence-corrected chi connectivity index (χ0v) is 18.2. The highest BCUT2D eigenvalue weighted by Crippen LogP contribution is 2.42. The van der Waals surface area contributed by atoms with Gasteiger partial charge in [-0.15, -0.1) is 0 Å². The predicted octanol–water partition coefficient (Wildman–Crippen LogP) is 4.39. The van der Waals surface area contributed by atoms with Gasteiger partial charge in [-0.1, -0.05) is 12.1 Å². The van der Waals surface area contributed by atoms with Crippen LogP contribution in [0.2, 0.25) is 0 Å². The van der Waals surface area contributed by atoms with Gasteiger partial charge in [0.05, 0.1) is 24.3 Å². The van der Waals surface area contributed by atoms with E-state index in [1.165, 1.54) is 13.2 Å². The minimum atomic E-state index is -4.46. The molecule has 3 atom stereocenters. The molecule has 0 radical (unpaired) electrons. The monoisotopic (exact) mass is 470 g/mol. The summed E-state index contributed by atoms with van der Waals surface area (Å²) in [4.78, 5) is 28.0. The summed E-state index contributed by atoms with van der Waals surface area (Å²) < 4.78 is 49.9. The number of pyridine rings is 1. The number of methoxy groups -OCH3 is 1. The molecule has 2 aromatic heterocycles. The first kappa shape index (κ1) is 22.1. The lowest BCUT2D eigenvalue weighted by atomic mass is 9.98. The van der Waals surface area contributed by atoms with Gasteiger partial charge in [-0.25, -0.2) is 15.0 Å². The molecule has 1 aromatic carbocycles. The molecule has 2 saturated heterocycles. The van der Waals surface area contributed by atoms with Crippen molar-refractivity contribution in [2.24, 2.45) is 0 Å². The molecule has 2 aliphatic heterocycles. The van der Waals surface area contributed by atoms with Crippen LogP contribution in [0.25, 0.3) is 11.4 Å². The number of ether oxygens (including phenoxy) is 2. The van der Waals surface area contributed by atoms with Gasteiger partial charge in [0.15, 0.2) is 5.82 Å². The molecular weight excluding hydrogens is 449 g/mol. The van der Waals surface area contributed by atoms with E-state index in [2.05, 4.69) is 15.0 Å². The molecule has 2 fully saturated rings. The molecule has 4 heterocycles. The van der Waals surface area contributed by atoms with E-state index in [4.69, 9.17) is 9.47 Å². The molecule has 10 heteroatoms. The molecule has 34 heavy (non-hydrogen) atoms. The van der Waals surface area contributed by atoms with Gasteiger partial charge >= 0.3 is 6.18 Å². The number of amides is 1. The lowest BCUT2D eigenvalue weighted by molar-refractivity contribution is -0.137. The molecule has 3 unspecified atom stereocenters. The third-order valence-corrected chi connectivity index (χ3v) is 6.32. The number of carbonyl (C=O) groups is 1. The molecule has 3 aromatic rings. The van der Waals surface area contributed by atoms with Crippen molar-refractivity contribution in [1.82, 2.24) is 19.9 Å². The van der Waals surface area contributed by atoms with Crippen molar-refractivity contribution in [2.75, 3.05) is 7.11 Å². The molecule has 1 amide bonds. The van der Waals surface area contributed by atoms with Crippen molar-refractivity contribution in [3.63, 3.8) is 0 Å². The Morgan fingerprint density at radius 1 is 1.06 bits per heavy atom. The van der Waals surface area contributed by atoms with Crippen molar-refractivity contribution < 1.29 is 27.4 Å². The fourth-order valence-corrected chi connectivity index (χ4v) is 4.83. The molecule has 7 nitrogen and oxygen atoms in total. The van der Waals surface area contributed by atoms with Gasteiger partial charge in [0.1, 0.15) is 11.9 Å². The first-order valence-corrected chi connectivity index (χ1v) is 10.8. The molecule has 0 aliphatic carbocycles. The van der Waals surface area contributed by atoms with Gasteiger partial charge < -0.3 is 14.4 Å². The molecule has 2 aliphatic rings. The van der Waals surface area contributed by atoms with E-state index >= 15 is 0 Å². The topological polar surface area (TPSA) is 77.4 Å². The highest BCUT2D eigenvalue weighted by molar-refractivity contribution is 6.03. The Labute approximate surface area is 193 Å². The SMILES string of the molecule is COc1cccc(-c2ncccn2)c1C(=O)N1C2CCC1C(Oc1ccc(C(F)(F)F)cn1)C2. The van der Waals surface area contributed by atoms with Gasteiger partial charge in [0.2, 0.25) is 5.88 Å². The van der Waals surface area contributed by atoms with Crippen LogP contribution in [0.15, 0.2) is 55.0 Å². The number of nitrogens with zero attached hydrogens (tertiary/aromatic N) is 4. The first-order valence-electron chi connectivity index (χ1n) is 10.8. The highest BCUT2D eigenvalue weighted by atomic mass is 19.4. The zero-order chi connectivity index (χ0) is 23.9. The Morgan fingerprint density at radius 3 is 2.53 bits per heavy atom. The second-order valence-electron chi connectivity index (χ2n) is 8.24. The maximum Gasteiger partial charge on any atom is 0.417 e. The van der Waals surface area contributed by atoms with Crippen molar-refractivity contribution in [3.8, 4) is 23.0 Å². The second kappa shape index (κ2) is 8.58. The van der Waals surface area contributed by atoms with Gasteiger partial charge in [-0.2, -0.15) is 13.2 Å². The third kappa shape index (κ3) is 3.93. The maximum absolute atomic E-state index is 13.8. The molecule has 5 rings (SSSR count). The van der Waals surface area contributed by atoms with Crippen LogP contribution in [-0.4, -0.2) is 51.1 Å². The van der Waals surface area contributed by atoms with Crippen LogP contribution in [-0.2, 0) is 6.18 Å². The summed E-state index contributed by atoms with van der Waals surface area (Å²) >= 11 is 0. The van der Waals surface area contributed by atoms with Crippen LogP contribution in [0, 0.1) is 0 Å². The molecule has 0 N–H and O–H groups in total. The van der Waals surface area contributed by atoms with Crippen molar-refractivity contribution in [1.29, 1.82) is 0 Å². The fourth-order valence-electron chi connectivity index (χ4n) is 4.83. The summed E-state index contributed by atoms with van der Waals surface area (Å²) in [6.07, 6.45) is 1.27. The van der Waals surface area contributed by atoms with Gasteiger partial charge in [-0.05, 0) is 31.0 Å². The summed E-state index contributed by atoms with van der Waals surface area (Å²) in [5.74, 6) is 0.730. The number of rotatable bonds is 5. The molecule has 0 spiro atoms. The average Bonchev–Trinajstić information content (AvgIpc) is 3.41. The van der Waals surface area contributed by atoms with Crippen molar-refractivity contribution in [2.45, 2.75) is 43.6 Å². The molecular formula is C24H21F3N4O3. The summed E-state index contributed by atoms with van der Waals surface area (Å²) in [6, 6.07) is 8.86. The standard InChI is InChI=1S/C24H21F3N4O3/c1-33-18-5-2-4-16(22-28-10-3-11-29-22)21(18)23(32)31-15-7-8-17(31)19(12-15)34-20-9-6-14(13-30-20)24(25,26)27/h2-6,9-11,13,15,17,19H,7-8,12H2,1H3. The Hall–Kier alpha value is -3.69. The smallest absolute Gasteiger partial charge is 0.417 e. The quantitative estimate of drug-likeness (QED) is 0.551. The summed E-state index contributed by atoms with van der Waals surface area (Å²) in [7, 11) is 1.50. The number of benzene rings is 1. The summed E-state index contributed by atoms with van der Waals surface area (Å²) in [5.41, 5.74) is 0.107. The molecule has 0 saturated carbocycles. The number of carbonyl (C=O) groups excluding carboxylic acids is 1. The van der Waals surface area contributed by atoms with Crippen LogP contribution in [0.3, 0.4) is 0 Å². The molecule has 176 valence electrons. The van der Waals surface area contributed by atoms with Crippen molar-refractivity contribution >= 4 is 5.91 Å². The summed E-state index contributed by atoms with van der Waals surface area (Å²) in [5, 5.41) is 0. The lowest BCUT2D eigenvalue weighted by Crippen LogP contribution is -2.39. The van der Waals surface area contributed by atoms with Gasteiger partial charge in [0.25, 0.3) is 5.91 Å². The van der Waals surface area contributed by atoms with Crippen LogP contribution in [0.4, 0.5) is 13.2 Å². The molecule has 2 bridgehead atoms. The van der Waals surface area contributed by atoms with Crippen LogP contribution in [0.1, 0.15) is 35.2 Å². The van der Waals surface area contributed by atoms with Crippen molar-refractivity contribution in [3.05, 3.63) is 66.1 Å². The Morgan fingerprint density at radius 2 is 1.85 bits per heavy atom. The number of fused-ring (bicyclic) bond motifs is 2. The van der Waals surface area contributed by atoms with E-state index in [0.29, 0.717) is 29.1 Å². The van der Waals surface area contributed by atoms with E-state index in [9.17, 15) is 18.0 Å². The second-order valence-corrected chi connectivity index (χ2v) is 8.24. The van der Waals surface area contributed by atoms with Crippen LogP contribution >= 0.6 is 0 Å². The Balaban J connectivity index is 1.41. The van der Waals surface area contributed by atoms with E-state index in [1.54, 1.807) is 41.6 Å².